The van der Waals surface area contributed by atoms with E-state index < -0.39 is 0 Å². The number of carbonyl (C=O) groups is 1. The molecular formula is C17H14BrN3OS. The molecule has 0 atom stereocenters. The Balaban J connectivity index is 1.58. The normalized spacial score (nSPS) is 10.5. The Morgan fingerprint density at radius 1 is 1.00 bits per heavy atom. The quantitative estimate of drug-likeness (QED) is 0.717. The molecule has 1 amide bonds. The third-order valence-corrected chi connectivity index (χ3v) is 4.56. The van der Waals surface area contributed by atoms with Crippen LogP contribution in [0.4, 0.5) is 5.13 Å². The van der Waals surface area contributed by atoms with E-state index in [1.165, 1.54) is 16.9 Å². The van der Waals surface area contributed by atoms with Gasteiger partial charge in [-0.25, -0.2) is 0 Å². The maximum absolute atomic E-state index is 12.1. The Bertz CT molecular complexity index is 787. The molecule has 116 valence electrons. The number of halogens is 1. The van der Waals surface area contributed by atoms with Crippen molar-refractivity contribution in [3.63, 3.8) is 0 Å². The van der Waals surface area contributed by atoms with Crippen LogP contribution >= 0.6 is 27.3 Å². The molecule has 3 aromatic rings. The van der Waals surface area contributed by atoms with E-state index in [2.05, 4.69) is 31.4 Å². The number of nitrogens with one attached hydrogen (secondary N) is 1. The fraction of sp³-hybridized carbons (Fsp3) is 0.118. The van der Waals surface area contributed by atoms with Gasteiger partial charge in [0.2, 0.25) is 11.0 Å². The molecule has 3 rings (SSSR count). The molecule has 0 fully saturated rings. The van der Waals surface area contributed by atoms with E-state index in [1.807, 2.05) is 54.6 Å². The van der Waals surface area contributed by atoms with Gasteiger partial charge in [0.05, 0.1) is 6.42 Å². The van der Waals surface area contributed by atoms with Crippen LogP contribution in [0.15, 0.2) is 59.1 Å². The van der Waals surface area contributed by atoms with Crippen LogP contribution in [0.2, 0.25) is 0 Å². The average molecular weight is 388 g/mol. The molecule has 23 heavy (non-hydrogen) atoms. The minimum absolute atomic E-state index is 0.0882. The van der Waals surface area contributed by atoms with Crippen LogP contribution in [0, 0.1) is 0 Å². The van der Waals surface area contributed by atoms with Crippen molar-refractivity contribution in [3.8, 4) is 0 Å². The van der Waals surface area contributed by atoms with E-state index in [9.17, 15) is 4.79 Å². The van der Waals surface area contributed by atoms with Crippen LogP contribution in [-0.4, -0.2) is 16.1 Å². The topological polar surface area (TPSA) is 54.9 Å². The lowest BCUT2D eigenvalue weighted by Gasteiger charge is -2.01. The third kappa shape index (κ3) is 4.71. The lowest BCUT2D eigenvalue weighted by Crippen LogP contribution is -2.14. The Morgan fingerprint density at radius 3 is 2.48 bits per heavy atom. The summed E-state index contributed by atoms with van der Waals surface area (Å²) in [5, 5.41) is 12.4. The highest BCUT2D eigenvalue weighted by molar-refractivity contribution is 9.10. The molecule has 1 N–H and O–H groups in total. The first kappa shape index (κ1) is 15.8. The first-order valence-corrected chi connectivity index (χ1v) is 8.70. The van der Waals surface area contributed by atoms with Gasteiger partial charge in [0.1, 0.15) is 5.01 Å². The Labute approximate surface area is 146 Å². The number of nitrogens with zero attached hydrogens (tertiary/aromatic N) is 2. The van der Waals surface area contributed by atoms with Crippen LogP contribution in [0.25, 0.3) is 0 Å². The van der Waals surface area contributed by atoms with Crippen molar-refractivity contribution in [2.45, 2.75) is 12.8 Å². The van der Waals surface area contributed by atoms with Crippen molar-refractivity contribution in [2.24, 2.45) is 0 Å². The van der Waals surface area contributed by atoms with Crippen LogP contribution < -0.4 is 5.32 Å². The van der Waals surface area contributed by atoms with Crippen molar-refractivity contribution < 1.29 is 4.79 Å². The summed E-state index contributed by atoms with van der Waals surface area (Å²) in [5.41, 5.74) is 2.14. The molecule has 0 radical (unpaired) electrons. The van der Waals surface area contributed by atoms with Gasteiger partial charge in [0.25, 0.3) is 0 Å². The zero-order valence-corrected chi connectivity index (χ0v) is 14.6. The van der Waals surface area contributed by atoms with Gasteiger partial charge in [-0.05, 0) is 23.3 Å². The van der Waals surface area contributed by atoms with Crippen molar-refractivity contribution in [2.75, 3.05) is 5.32 Å². The lowest BCUT2D eigenvalue weighted by molar-refractivity contribution is -0.115. The predicted molar refractivity (Wildman–Crippen MR) is 95.6 cm³/mol. The number of carbonyl (C=O) groups excluding carboxylic acids is 1. The number of benzene rings is 2. The van der Waals surface area contributed by atoms with Gasteiger partial charge in [0, 0.05) is 10.9 Å². The van der Waals surface area contributed by atoms with Gasteiger partial charge in [-0.2, -0.15) is 0 Å². The Morgan fingerprint density at radius 2 is 1.74 bits per heavy atom. The number of rotatable bonds is 5. The molecule has 4 nitrogen and oxygen atoms in total. The minimum atomic E-state index is -0.0882. The number of anilines is 1. The first-order valence-electron chi connectivity index (χ1n) is 7.09. The zero-order chi connectivity index (χ0) is 16.1. The predicted octanol–water partition coefficient (Wildman–Crippen LogP) is 4.07. The molecule has 0 bridgehead atoms. The fourth-order valence-electron chi connectivity index (χ4n) is 2.10. The van der Waals surface area contributed by atoms with Crippen molar-refractivity contribution in [3.05, 3.63) is 75.2 Å². The molecule has 2 aromatic carbocycles. The van der Waals surface area contributed by atoms with Crippen molar-refractivity contribution in [1.29, 1.82) is 0 Å². The summed E-state index contributed by atoms with van der Waals surface area (Å²) >= 11 is 4.79. The van der Waals surface area contributed by atoms with E-state index >= 15 is 0 Å². The molecule has 0 aliphatic rings. The largest absolute Gasteiger partial charge is 0.300 e. The number of amides is 1. The maximum Gasteiger partial charge on any atom is 0.230 e. The second-order valence-electron chi connectivity index (χ2n) is 5.01. The van der Waals surface area contributed by atoms with Gasteiger partial charge in [0.15, 0.2) is 0 Å². The third-order valence-electron chi connectivity index (χ3n) is 3.19. The SMILES string of the molecule is O=C(Cc1ccc(Br)cc1)Nc1nnc(Cc2ccccc2)s1. The molecule has 1 aromatic heterocycles. The standard InChI is InChI=1S/C17H14BrN3OS/c18-14-8-6-13(7-9-14)10-15(22)19-17-21-20-16(23-17)11-12-4-2-1-3-5-12/h1-9H,10-11H2,(H,19,21,22). The van der Waals surface area contributed by atoms with Gasteiger partial charge in [-0.1, -0.05) is 69.7 Å². The molecule has 0 spiro atoms. The Hall–Kier alpha value is -2.05. The van der Waals surface area contributed by atoms with Crippen LogP contribution in [0.3, 0.4) is 0 Å². The van der Waals surface area contributed by atoms with Crippen LogP contribution in [-0.2, 0) is 17.6 Å². The van der Waals surface area contributed by atoms with E-state index in [0.29, 0.717) is 11.6 Å². The average Bonchev–Trinajstić information content (AvgIpc) is 2.97. The summed E-state index contributed by atoms with van der Waals surface area (Å²) in [6.07, 6.45) is 1.04. The van der Waals surface area contributed by atoms with E-state index in [0.717, 1.165) is 21.5 Å². The molecule has 0 saturated heterocycles. The second kappa shape index (κ2) is 7.48. The highest BCUT2D eigenvalue weighted by atomic mass is 79.9. The number of hydrogen-bond donors (Lipinski definition) is 1. The van der Waals surface area contributed by atoms with E-state index in [1.54, 1.807) is 0 Å². The summed E-state index contributed by atoms with van der Waals surface area (Å²) in [5.74, 6) is -0.0882. The summed E-state index contributed by atoms with van der Waals surface area (Å²) in [7, 11) is 0. The monoisotopic (exact) mass is 387 g/mol. The van der Waals surface area contributed by atoms with Crippen molar-refractivity contribution in [1.82, 2.24) is 10.2 Å². The zero-order valence-electron chi connectivity index (χ0n) is 12.2. The highest BCUT2D eigenvalue weighted by Crippen LogP contribution is 2.19. The van der Waals surface area contributed by atoms with E-state index in [-0.39, 0.29) is 5.91 Å². The molecule has 0 saturated carbocycles. The maximum atomic E-state index is 12.1. The smallest absolute Gasteiger partial charge is 0.230 e. The number of hydrogen-bond acceptors (Lipinski definition) is 4. The van der Waals surface area contributed by atoms with Crippen LogP contribution in [0.5, 0.6) is 0 Å². The minimum Gasteiger partial charge on any atom is -0.300 e. The highest BCUT2D eigenvalue weighted by Gasteiger charge is 2.09. The first-order chi connectivity index (χ1) is 11.2. The van der Waals surface area contributed by atoms with E-state index in [4.69, 9.17) is 0 Å². The summed E-state index contributed by atoms with van der Waals surface area (Å²) in [6, 6.07) is 17.8. The van der Waals surface area contributed by atoms with Gasteiger partial charge in [-0.3, -0.25) is 4.79 Å². The molecule has 0 aliphatic carbocycles. The summed E-state index contributed by atoms with van der Waals surface area (Å²) < 4.78 is 0.997. The molecular weight excluding hydrogens is 374 g/mol. The lowest BCUT2D eigenvalue weighted by atomic mass is 10.1. The Kier molecular flexibility index (Phi) is 5.15. The van der Waals surface area contributed by atoms with Gasteiger partial charge in [-0.15, -0.1) is 10.2 Å². The molecule has 0 aliphatic heterocycles. The van der Waals surface area contributed by atoms with Gasteiger partial charge >= 0.3 is 0 Å². The van der Waals surface area contributed by atoms with Crippen molar-refractivity contribution >= 4 is 38.3 Å². The number of aromatic nitrogens is 2. The molecule has 6 heteroatoms. The second-order valence-corrected chi connectivity index (χ2v) is 6.99. The van der Waals surface area contributed by atoms with Crippen LogP contribution in [0.1, 0.15) is 16.1 Å². The summed E-state index contributed by atoms with van der Waals surface area (Å²) in [6.45, 7) is 0. The fourth-order valence-corrected chi connectivity index (χ4v) is 3.15. The summed E-state index contributed by atoms with van der Waals surface area (Å²) in [4.78, 5) is 12.1. The van der Waals surface area contributed by atoms with Gasteiger partial charge < -0.3 is 5.32 Å². The molecule has 0 unspecified atom stereocenters. The molecule has 1 heterocycles.